The highest BCUT2D eigenvalue weighted by atomic mass is 35.5. The van der Waals surface area contributed by atoms with E-state index in [9.17, 15) is 17.2 Å². The van der Waals surface area contributed by atoms with Gasteiger partial charge in [0, 0.05) is 6.42 Å². The number of fused-ring (bicyclic) bond motifs is 1. The largest absolute Gasteiger partial charge is 0.264 e. The number of nitriles is 1. The van der Waals surface area contributed by atoms with E-state index in [0.29, 0.717) is 0 Å². The van der Waals surface area contributed by atoms with Crippen LogP contribution in [0.15, 0.2) is 47.4 Å². The molecule has 24 heavy (non-hydrogen) atoms. The second-order valence-corrected chi connectivity index (χ2v) is 7.45. The van der Waals surface area contributed by atoms with Crippen molar-refractivity contribution in [3.05, 3.63) is 58.6 Å². The van der Waals surface area contributed by atoms with Crippen LogP contribution in [0.25, 0.3) is 0 Å². The minimum Gasteiger partial charge on any atom is -0.257 e. The number of sulfonamides is 1. The molecule has 1 heterocycles. The van der Waals surface area contributed by atoms with E-state index < -0.39 is 22.5 Å². The lowest BCUT2D eigenvalue weighted by Crippen LogP contribution is -2.42. The van der Waals surface area contributed by atoms with E-state index in [1.807, 2.05) is 6.07 Å². The third-order valence-corrected chi connectivity index (χ3v) is 6.17. The Labute approximate surface area is 142 Å². The number of benzene rings is 2. The minimum absolute atomic E-state index is 0.0198. The average molecular weight is 369 g/mol. The zero-order valence-electron chi connectivity index (χ0n) is 12.2. The molecule has 0 saturated heterocycles. The van der Waals surface area contributed by atoms with Crippen LogP contribution in [0, 0.1) is 11.3 Å². The molecule has 0 N–H and O–H groups in total. The Morgan fingerprint density at radius 3 is 2.46 bits per heavy atom. The fraction of sp³-hybridized carbons (Fsp3) is 0.188. The summed E-state index contributed by atoms with van der Waals surface area (Å²) in [7, 11) is -4.17. The number of alkyl halides is 2. The van der Waals surface area contributed by atoms with Crippen molar-refractivity contribution in [2.24, 2.45) is 0 Å². The van der Waals surface area contributed by atoms with Gasteiger partial charge < -0.3 is 0 Å². The molecule has 4 nitrogen and oxygen atoms in total. The van der Waals surface area contributed by atoms with Crippen LogP contribution in [0.1, 0.15) is 11.1 Å². The molecule has 0 aliphatic carbocycles. The molecule has 1 atom stereocenters. The van der Waals surface area contributed by atoms with Crippen LogP contribution in [0.2, 0.25) is 5.02 Å². The van der Waals surface area contributed by atoms with E-state index in [0.717, 1.165) is 4.31 Å². The molecule has 3 rings (SSSR count). The highest BCUT2D eigenvalue weighted by Gasteiger charge is 2.44. The van der Waals surface area contributed by atoms with E-state index in [2.05, 4.69) is 0 Å². The van der Waals surface area contributed by atoms with E-state index in [4.69, 9.17) is 16.9 Å². The molecule has 2 aromatic rings. The Hall–Kier alpha value is -2.17. The van der Waals surface area contributed by atoms with Gasteiger partial charge in [-0.1, -0.05) is 29.8 Å². The fourth-order valence-electron chi connectivity index (χ4n) is 2.77. The monoisotopic (exact) mass is 368 g/mol. The normalized spacial score (nSPS) is 17.0. The zero-order chi connectivity index (χ0) is 17.5. The smallest absolute Gasteiger partial charge is 0.257 e. The lowest BCUT2D eigenvalue weighted by molar-refractivity contribution is 0.121. The summed E-state index contributed by atoms with van der Waals surface area (Å²) < 4.78 is 53.4. The van der Waals surface area contributed by atoms with E-state index in [1.54, 1.807) is 6.07 Å². The van der Waals surface area contributed by atoms with Gasteiger partial charge in [-0.2, -0.15) is 5.26 Å². The van der Waals surface area contributed by atoms with Crippen LogP contribution in [0.4, 0.5) is 14.5 Å². The lowest BCUT2D eigenvalue weighted by Gasteiger charge is -2.26. The first-order valence-electron chi connectivity index (χ1n) is 6.97. The maximum Gasteiger partial charge on any atom is 0.264 e. The summed E-state index contributed by atoms with van der Waals surface area (Å²) in [5.74, 6) is 0. The Kier molecular flexibility index (Phi) is 4.20. The maximum absolute atomic E-state index is 13.5. The maximum atomic E-state index is 13.5. The summed E-state index contributed by atoms with van der Waals surface area (Å²) in [6.45, 7) is 0. The van der Waals surface area contributed by atoms with Crippen molar-refractivity contribution in [1.82, 2.24) is 0 Å². The quantitative estimate of drug-likeness (QED) is 0.831. The molecule has 0 amide bonds. The summed E-state index contributed by atoms with van der Waals surface area (Å²) in [6.07, 6.45) is -3.13. The van der Waals surface area contributed by atoms with E-state index in [1.165, 1.54) is 36.4 Å². The SMILES string of the molecule is N#Cc1ccc2c(c1Cl)CC(C(F)F)N2S(=O)(=O)c1ccccc1. The van der Waals surface area contributed by atoms with Crippen molar-refractivity contribution in [2.75, 3.05) is 4.31 Å². The van der Waals surface area contributed by atoms with Gasteiger partial charge in [0.25, 0.3) is 16.4 Å². The van der Waals surface area contributed by atoms with Gasteiger partial charge in [-0.05, 0) is 29.8 Å². The van der Waals surface area contributed by atoms with Crippen molar-refractivity contribution in [3.63, 3.8) is 0 Å². The molecular formula is C16H11ClF2N2O2S. The molecular weight excluding hydrogens is 358 g/mol. The molecule has 0 saturated carbocycles. The topological polar surface area (TPSA) is 61.2 Å². The molecule has 1 aliphatic rings. The third kappa shape index (κ3) is 2.52. The number of nitrogens with zero attached hydrogens (tertiary/aromatic N) is 2. The molecule has 1 unspecified atom stereocenters. The lowest BCUT2D eigenvalue weighted by atomic mass is 10.1. The van der Waals surface area contributed by atoms with E-state index >= 15 is 0 Å². The van der Waals surface area contributed by atoms with Gasteiger partial charge >= 0.3 is 0 Å². The first-order chi connectivity index (χ1) is 11.4. The Morgan fingerprint density at radius 2 is 1.88 bits per heavy atom. The van der Waals surface area contributed by atoms with E-state index in [-0.39, 0.29) is 33.2 Å². The highest BCUT2D eigenvalue weighted by molar-refractivity contribution is 7.92. The van der Waals surface area contributed by atoms with Crippen LogP contribution in [-0.4, -0.2) is 20.9 Å². The van der Waals surface area contributed by atoms with Gasteiger partial charge in [0.2, 0.25) is 0 Å². The molecule has 2 aromatic carbocycles. The minimum atomic E-state index is -4.17. The number of hydrogen-bond acceptors (Lipinski definition) is 3. The van der Waals surface area contributed by atoms with Crippen LogP contribution in [0.5, 0.6) is 0 Å². The average Bonchev–Trinajstić information content (AvgIpc) is 2.97. The van der Waals surface area contributed by atoms with Crippen LogP contribution in [0.3, 0.4) is 0 Å². The van der Waals surface area contributed by atoms with Crippen molar-refractivity contribution in [1.29, 1.82) is 5.26 Å². The predicted molar refractivity (Wildman–Crippen MR) is 85.8 cm³/mol. The van der Waals surface area contributed by atoms with Crippen LogP contribution < -0.4 is 4.31 Å². The molecule has 124 valence electrons. The first kappa shape index (κ1) is 16.7. The molecule has 0 radical (unpaired) electrons. The van der Waals surface area contributed by atoms with Crippen molar-refractivity contribution >= 4 is 27.3 Å². The zero-order valence-corrected chi connectivity index (χ0v) is 13.7. The fourth-order valence-corrected chi connectivity index (χ4v) is 4.73. The van der Waals surface area contributed by atoms with Gasteiger partial charge in [0.1, 0.15) is 12.1 Å². The second-order valence-electron chi connectivity index (χ2n) is 5.26. The van der Waals surface area contributed by atoms with Gasteiger partial charge in [0.05, 0.1) is 21.2 Å². The van der Waals surface area contributed by atoms with Crippen molar-refractivity contribution in [2.45, 2.75) is 23.8 Å². The highest BCUT2D eigenvalue weighted by Crippen LogP contribution is 2.43. The number of halogens is 3. The third-order valence-electron chi connectivity index (χ3n) is 3.88. The Balaban J connectivity index is 2.21. The molecule has 0 aromatic heterocycles. The first-order valence-corrected chi connectivity index (χ1v) is 8.79. The predicted octanol–water partition coefficient (Wildman–Crippen LogP) is 3.60. The van der Waals surface area contributed by atoms with Gasteiger partial charge in [-0.15, -0.1) is 0 Å². The second kappa shape index (κ2) is 6.04. The van der Waals surface area contributed by atoms with Crippen molar-refractivity contribution in [3.8, 4) is 6.07 Å². The molecule has 8 heteroatoms. The summed E-state index contributed by atoms with van der Waals surface area (Å²) >= 11 is 6.10. The standard InChI is InChI=1S/C16H11ClF2N2O2S/c17-15-10(9-20)6-7-13-12(15)8-14(16(18)19)21(13)24(22,23)11-4-2-1-3-5-11/h1-7,14,16H,8H2. The number of hydrogen-bond donors (Lipinski definition) is 0. The summed E-state index contributed by atoms with van der Waals surface area (Å²) in [5.41, 5.74) is 0.469. The summed E-state index contributed by atoms with van der Waals surface area (Å²) in [5, 5.41) is 9.03. The summed E-state index contributed by atoms with van der Waals surface area (Å²) in [6, 6.07) is 10.4. The molecule has 0 spiro atoms. The van der Waals surface area contributed by atoms with Crippen LogP contribution >= 0.6 is 11.6 Å². The number of anilines is 1. The Bertz CT molecular complexity index is 927. The van der Waals surface area contributed by atoms with Gasteiger partial charge in [-0.25, -0.2) is 17.2 Å². The number of rotatable bonds is 3. The van der Waals surface area contributed by atoms with Crippen LogP contribution in [-0.2, 0) is 16.4 Å². The molecule has 1 aliphatic heterocycles. The molecule has 0 bridgehead atoms. The van der Waals surface area contributed by atoms with Gasteiger partial charge in [-0.3, -0.25) is 4.31 Å². The van der Waals surface area contributed by atoms with Gasteiger partial charge in [0.15, 0.2) is 0 Å². The summed E-state index contributed by atoms with van der Waals surface area (Å²) in [4.78, 5) is -0.0796. The Morgan fingerprint density at radius 1 is 1.21 bits per heavy atom. The van der Waals surface area contributed by atoms with Crippen molar-refractivity contribution < 1.29 is 17.2 Å². The molecule has 0 fully saturated rings.